The van der Waals surface area contributed by atoms with Crippen molar-refractivity contribution in [2.75, 3.05) is 57.9 Å². The second-order valence-electron chi connectivity index (χ2n) is 15.1. The summed E-state index contributed by atoms with van der Waals surface area (Å²) >= 11 is 6.45. The number of carbonyl (C=O) groups excluding carboxylic acids is 2. The molecule has 10 nitrogen and oxygen atoms in total. The monoisotopic (exact) mass is 758 g/mol. The predicted molar refractivity (Wildman–Crippen MR) is 201 cm³/mol. The molecule has 0 radical (unpaired) electrons. The third-order valence-corrected chi connectivity index (χ3v) is 13.6. The normalized spacial score (nSPS) is 28.8. The van der Waals surface area contributed by atoms with E-state index in [1.165, 1.54) is 29.0 Å². The molecular formula is C39H52ClFN4O6S. The Morgan fingerprint density at radius 1 is 1.17 bits per heavy atom. The fourth-order valence-electron chi connectivity index (χ4n) is 8.28. The number of carbonyl (C=O) groups is 2. The molecule has 13 heteroatoms. The molecule has 1 spiro atoms. The highest BCUT2D eigenvalue weighted by molar-refractivity contribution is 7.90. The van der Waals surface area contributed by atoms with Gasteiger partial charge in [-0.1, -0.05) is 37.6 Å². The first-order chi connectivity index (χ1) is 24.8. The predicted octanol–water partition coefficient (Wildman–Crippen LogP) is 5.87. The Labute approximate surface area is 312 Å². The van der Waals surface area contributed by atoms with Crippen LogP contribution in [0, 0.1) is 5.92 Å². The van der Waals surface area contributed by atoms with Gasteiger partial charge in [-0.25, -0.2) is 17.5 Å². The van der Waals surface area contributed by atoms with Crippen LogP contribution in [0.2, 0.25) is 5.02 Å². The number of allylic oxidation sites excluding steroid dienone is 1. The van der Waals surface area contributed by atoms with Crippen LogP contribution in [-0.4, -0.2) is 100 Å². The Balaban J connectivity index is 1.44. The van der Waals surface area contributed by atoms with Crippen molar-refractivity contribution in [3.8, 4) is 5.75 Å². The minimum Gasteiger partial charge on any atom is -0.490 e. The number of benzene rings is 2. The third-order valence-electron chi connectivity index (χ3n) is 11.5. The van der Waals surface area contributed by atoms with Crippen molar-refractivity contribution >= 4 is 39.1 Å². The van der Waals surface area contributed by atoms with Crippen LogP contribution in [0.4, 0.5) is 10.1 Å². The minimum absolute atomic E-state index is 0.0714. The molecular weight excluding hydrogens is 707 g/mol. The van der Waals surface area contributed by atoms with Gasteiger partial charge in [-0.15, -0.1) is 0 Å². The molecule has 0 unspecified atom stereocenters. The van der Waals surface area contributed by atoms with Gasteiger partial charge in [-0.3, -0.25) is 14.5 Å². The van der Waals surface area contributed by atoms with Crippen molar-refractivity contribution in [3.63, 3.8) is 0 Å². The van der Waals surface area contributed by atoms with E-state index in [4.69, 9.17) is 21.1 Å². The van der Waals surface area contributed by atoms with E-state index in [2.05, 4.69) is 15.7 Å². The van der Waals surface area contributed by atoms with E-state index >= 15 is 4.39 Å². The van der Waals surface area contributed by atoms with Crippen molar-refractivity contribution in [1.82, 2.24) is 14.5 Å². The molecule has 0 saturated carbocycles. The zero-order chi connectivity index (χ0) is 37.2. The molecule has 52 heavy (non-hydrogen) atoms. The van der Waals surface area contributed by atoms with E-state index in [0.717, 1.165) is 38.5 Å². The van der Waals surface area contributed by atoms with Gasteiger partial charge in [0.1, 0.15) is 17.6 Å². The van der Waals surface area contributed by atoms with E-state index < -0.39 is 44.4 Å². The van der Waals surface area contributed by atoms with Crippen LogP contribution in [0.5, 0.6) is 5.75 Å². The average molecular weight is 759 g/mol. The number of nitrogens with zero attached hydrogens (tertiary/aromatic N) is 3. The smallest absolute Gasteiger partial charge is 0.264 e. The molecule has 1 aliphatic carbocycles. The lowest BCUT2D eigenvalue weighted by Gasteiger charge is -2.42. The van der Waals surface area contributed by atoms with Gasteiger partial charge in [0.05, 0.1) is 24.2 Å². The lowest BCUT2D eigenvalue weighted by Crippen LogP contribution is -2.54. The standard InChI is InChI=1S/C39H52ClFN4O6S/c1-5-19-50-20-18-43(4)38(47)36-33(41)14-10-26(2)27(3)52(48,49)42-37(46)29-11-15-35-34(22-29)44(23-31-9-7-17-45(31)36)24-39(25-51-35)16-6-8-28-21-30(40)12-13-32(28)39/h11-15,21-22,26-27,31,36H,5-10,16-20,23-25H2,1-4H3,(H,42,46)/b33-14-/t26-,27+,31-,36+,39-/m0/s1. The van der Waals surface area contributed by atoms with Gasteiger partial charge in [0.25, 0.3) is 5.91 Å². The molecule has 2 amide bonds. The quantitative estimate of drug-likeness (QED) is 0.365. The molecule has 2 aromatic rings. The molecule has 1 saturated heterocycles. The number of hydrogen-bond donors (Lipinski definition) is 1. The summed E-state index contributed by atoms with van der Waals surface area (Å²) in [6.45, 7) is 8.39. The molecule has 1 fully saturated rings. The summed E-state index contributed by atoms with van der Waals surface area (Å²) in [5.74, 6) is -1.65. The maximum Gasteiger partial charge on any atom is 0.264 e. The van der Waals surface area contributed by atoms with Gasteiger partial charge >= 0.3 is 0 Å². The van der Waals surface area contributed by atoms with E-state index in [-0.39, 0.29) is 23.9 Å². The number of hydrogen-bond acceptors (Lipinski definition) is 8. The Bertz CT molecular complexity index is 1790. The number of fused-ring (bicyclic) bond motifs is 4. The maximum atomic E-state index is 16.7. The van der Waals surface area contributed by atoms with Gasteiger partial charge in [-0.05, 0) is 106 Å². The summed E-state index contributed by atoms with van der Waals surface area (Å²) in [5, 5.41) is -0.330. The van der Waals surface area contributed by atoms with Crippen molar-refractivity contribution in [3.05, 3.63) is 70.0 Å². The number of nitrogens with one attached hydrogen (secondary N) is 1. The number of ether oxygens (including phenoxy) is 2. The summed E-state index contributed by atoms with van der Waals surface area (Å²) in [4.78, 5) is 33.5. The van der Waals surface area contributed by atoms with Crippen LogP contribution in [0.15, 0.2) is 48.3 Å². The number of halogens is 2. The fourth-order valence-corrected chi connectivity index (χ4v) is 9.76. The molecule has 2 aromatic carbocycles. The topological polar surface area (TPSA) is 108 Å². The zero-order valence-electron chi connectivity index (χ0n) is 30.7. The van der Waals surface area contributed by atoms with Crippen LogP contribution in [0.3, 0.4) is 0 Å². The van der Waals surface area contributed by atoms with E-state index in [1.54, 1.807) is 32.2 Å². The molecule has 5 atom stereocenters. The van der Waals surface area contributed by atoms with E-state index in [9.17, 15) is 18.0 Å². The van der Waals surface area contributed by atoms with Gasteiger partial charge < -0.3 is 19.3 Å². The Morgan fingerprint density at radius 2 is 1.98 bits per heavy atom. The van der Waals surface area contributed by atoms with Crippen LogP contribution >= 0.6 is 11.6 Å². The molecule has 0 aromatic heterocycles. The molecule has 1 N–H and O–H groups in total. The van der Waals surface area contributed by atoms with Crippen LogP contribution in [-0.2, 0) is 31.4 Å². The summed E-state index contributed by atoms with van der Waals surface area (Å²) in [7, 11) is -2.46. The molecule has 284 valence electrons. The maximum absolute atomic E-state index is 16.7. The van der Waals surface area contributed by atoms with Gasteiger partial charge in [0.2, 0.25) is 15.9 Å². The minimum atomic E-state index is -4.13. The number of anilines is 1. The van der Waals surface area contributed by atoms with Gasteiger partial charge in [-0.2, -0.15) is 0 Å². The first-order valence-electron chi connectivity index (χ1n) is 18.6. The van der Waals surface area contributed by atoms with Crippen molar-refractivity contribution in [1.29, 1.82) is 0 Å². The van der Waals surface area contributed by atoms with Crippen molar-refractivity contribution in [2.24, 2.45) is 5.92 Å². The number of amides is 2. The number of sulfonamides is 1. The number of aryl methyl sites for hydroxylation is 1. The molecule has 4 aliphatic rings. The summed E-state index contributed by atoms with van der Waals surface area (Å²) < 4.78 is 58.1. The summed E-state index contributed by atoms with van der Waals surface area (Å²) in [6, 6.07) is 9.71. The number of likely N-dealkylation sites (N-methyl/N-ethyl adjacent to an activating group) is 1. The van der Waals surface area contributed by atoms with Crippen molar-refractivity contribution < 1.29 is 31.9 Å². The summed E-state index contributed by atoms with van der Waals surface area (Å²) in [6.07, 6.45) is 6.54. The highest BCUT2D eigenvalue weighted by atomic mass is 35.5. The molecule has 2 bridgehead atoms. The zero-order valence-corrected chi connectivity index (χ0v) is 32.3. The molecule has 6 rings (SSSR count). The second-order valence-corrected chi connectivity index (χ2v) is 17.6. The molecule has 3 heterocycles. The Hall–Kier alpha value is -3.19. The van der Waals surface area contributed by atoms with E-state index in [0.29, 0.717) is 62.5 Å². The van der Waals surface area contributed by atoms with E-state index in [1.807, 2.05) is 24.0 Å². The van der Waals surface area contributed by atoms with Crippen molar-refractivity contribution in [2.45, 2.75) is 88.5 Å². The highest BCUT2D eigenvalue weighted by Gasteiger charge is 2.45. The van der Waals surface area contributed by atoms with Crippen LogP contribution in [0.25, 0.3) is 0 Å². The Morgan fingerprint density at radius 3 is 2.77 bits per heavy atom. The first-order valence-corrected chi connectivity index (χ1v) is 20.6. The average Bonchev–Trinajstić information content (AvgIpc) is 3.51. The SMILES string of the molecule is CCCOCCN(C)C(=O)[C@H]1/C(F)=C/C[C@H](C)[C@@H](C)S(=O)(=O)NC(=O)c2ccc3c(c2)N(C[C@@H]2CCCN21)C[C@@]1(CCCc2cc(Cl)ccc21)CO3. The Kier molecular flexibility index (Phi) is 11.9. The third kappa shape index (κ3) is 8.00. The lowest BCUT2D eigenvalue weighted by atomic mass is 9.70. The second kappa shape index (κ2) is 16.0. The first kappa shape index (κ1) is 38.5. The van der Waals surface area contributed by atoms with Crippen LogP contribution in [0.1, 0.15) is 80.8 Å². The highest BCUT2D eigenvalue weighted by Crippen LogP contribution is 2.45. The van der Waals surface area contributed by atoms with Gasteiger partial charge in [0, 0.05) is 55.3 Å². The van der Waals surface area contributed by atoms with Crippen LogP contribution < -0.4 is 14.4 Å². The van der Waals surface area contributed by atoms with Gasteiger partial charge in [0.15, 0.2) is 0 Å². The summed E-state index contributed by atoms with van der Waals surface area (Å²) in [5.41, 5.74) is 2.81. The number of rotatable bonds is 6. The molecule has 3 aliphatic heterocycles. The fraction of sp³-hybridized carbons (Fsp3) is 0.590. The lowest BCUT2D eigenvalue weighted by molar-refractivity contribution is -0.135. The largest absolute Gasteiger partial charge is 0.490 e.